The van der Waals surface area contributed by atoms with Gasteiger partial charge in [0.05, 0.1) is 11.8 Å². The van der Waals surface area contributed by atoms with Crippen molar-refractivity contribution in [2.45, 2.75) is 20.0 Å². The molecule has 80 valence electrons. The summed E-state index contributed by atoms with van der Waals surface area (Å²) in [7, 11) is 0. The summed E-state index contributed by atoms with van der Waals surface area (Å²) in [5.41, 5.74) is 0.565. The Kier molecular flexibility index (Phi) is 3.85. The number of hydrogen-bond donors (Lipinski definition) is 1. The van der Waals surface area contributed by atoms with E-state index in [-0.39, 0.29) is 6.10 Å². The van der Waals surface area contributed by atoms with Gasteiger partial charge in [0.1, 0.15) is 0 Å². The first-order valence-corrected chi connectivity index (χ1v) is 4.62. The average molecular weight is 207 g/mol. The molecule has 0 saturated carbocycles. The van der Waals surface area contributed by atoms with Gasteiger partial charge in [-0.3, -0.25) is 0 Å². The molecule has 4 nitrogen and oxygen atoms in total. The molecule has 1 rings (SSSR count). The molecule has 0 atom stereocenters. The van der Waals surface area contributed by atoms with Crippen molar-refractivity contribution < 1.29 is 14.6 Å². The lowest BCUT2D eigenvalue weighted by Crippen LogP contribution is -2.06. The first-order valence-electron chi connectivity index (χ1n) is 4.62. The number of carbonyl (C=O) groups is 1. The monoisotopic (exact) mass is 207 g/mol. The Bertz CT molecular complexity index is 372. The highest BCUT2D eigenvalue weighted by Gasteiger charge is 1.99. The highest BCUT2D eigenvalue weighted by molar-refractivity contribution is 5.84. The predicted octanol–water partition coefficient (Wildman–Crippen LogP) is 1.97. The number of ether oxygens (including phenoxy) is 1. The normalized spacial score (nSPS) is 10.9. The van der Waals surface area contributed by atoms with Crippen LogP contribution in [0.3, 0.4) is 0 Å². The van der Waals surface area contributed by atoms with Crippen molar-refractivity contribution in [2.24, 2.45) is 0 Å². The Morgan fingerprint density at radius 2 is 2.27 bits per heavy atom. The minimum Gasteiger partial charge on any atom is -0.478 e. The molecule has 0 radical (unpaired) electrons. The number of rotatable bonds is 4. The quantitative estimate of drug-likeness (QED) is 0.767. The maximum absolute atomic E-state index is 10.3. The minimum absolute atomic E-state index is 0.0520. The summed E-state index contributed by atoms with van der Waals surface area (Å²) < 4.78 is 5.37. The van der Waals surface area contributed by atoms with E-state index in [0.29, 0.717) is 11.6 Å². The summed E-state index contributed by atoms with van der Waals surface area (Å²) in [6, 6.07) is 5.22. The van der Waals surface area contributed by atoms with Crippen LogP contribution in [0.5, 0.6) is 5.88 Å². The smallest absolute Gasteiger partial charge is 0.328 e. The van der Waals surface area contributed by atoms with E-state index in [1.54, 1.807) is 18.2 Å². The molecule has 0 spiro atoms. The fourth-order valence-corrected chi connectivity index (χ4v) is 0.987. The highest BCUT2D eigenvalue weighted by Crippen LogP contribution is 2.10. The van der Waals surface area contributed by atoms with Gasteiger partial charge in [-0.05, 0) is 26.0 Å². The molecule has 4 heteroatoms. The summed E-state index contributed by atoms with van der Waals surface area (Å²) in [6.07, 6.45) is 2.52. The zero-order chi connectivity index (χ0) is 11.3. The van der Waals surface area contributed by atoms with Crippen molar-refractivity contribution in [3.05, 3.63) is 30.0 Å². The first-order chi connectivity index (χ1) is 7.08. The molecular weight excluding hydrogens is 194 g/mol. The predicted molar refractivity (Wildman–Crippen MR) is 56.7 cm³/mol. The van der Waals surface area contributed by atoms with Crippen LogP contribution in [0.2, 0.25) is 0 Å². The summed E-state index contributed by atoms with van der Waals surface area (Å²) in [5.74, 6) is -0.496. The summed E-state index contributed by atoms with van der Waals surface area (Å²) >= 11 is 0. The molecule has 1 aromatic heterocycles. The maximum atomic E-state index is 10.3. The van der Waals surface area contributed by atoms with E-state index in [1.807, 2.05) is 13.8 Å². The zero-order valence-electron chi connectivity index (χ0n) is 8.68. The van der Waals surface area contributed by atoms with Gasteiger partial charge in [-0.15, -0.1) is 0 Å². The summed E-state index contributed by atoms with van der Waals surface area (Å²) in [6.45, 7) is 3.81. The van der Waals surface area contributed by atoms with Gasteiger partial charge >= 0.3 is 5.97 Å². The number of nitrogens with zero attached hydrogens (tertiary/aromatic N) is 1. The fourth-order valence-electron chi connectivity index (χ4n) is 0.987. The lowest BCUT2D eigenvalue weighted by Gasteiger charge is -2.08. The Balaban J connectivity index is 2.78. The molecule has 0 saturated heterocycles. The number of hydrogen-bond acceptors (Lipinski definition) is 3. The van der Waals surface area contributed by atoms with Crippen LogP contribution < -0.4 is 4.74 Å². The van der Waals surface area contributed by atoms with Crippen LogP contribution in [0, 0.1) is 0 Å². The second-order valence-corrected chi connectivity index (χ2v) is 3.24. The van der Waals surface area contributed by atoms with Crippen molar-refractivity contribution >= 4 is 12.0 Å². The lowest BCUT2D eigenvalue weighted by molar-refractivity contribution is -0.131. The lowest BCUT2D eigenvalue weighted by atomic mass is 10.3. The molecule has 1 aromatic rings. The number of aromatic nitrogens is 1. The van der Waals surface area contributed by atoms with Crippen LogP contribution in [0.15, 0.2) is 24.3 Å². The van der Waals surface area contributed by atoms with Gasteiger partial charge in [-0.25, -0.2) is 9.78 Å². The van der Waals surface area contributed by atoms with Crippen molar-refractivity contribution in [2.75, 3.05) is 0 Å². The van der Waals surface area contributed by atoms with Crippen molar-refractivity contribution in [1.82, 2.24) is 4.98 Å². The van der Waals surface area contributed by atoms with Crippen molar-refractivity contribution in [3.63, 3.8) is 0 Å². The average Bonchev–Trinajstić information content (AvgIpc) is 2.14. The van der Waals surface area contributed by atoms with E-state index in [4.69, 9.17) is 9.84 Å². The fraction of sp³-hybridized carbons (Fsp3) is 0.273. The topological polar surface area (TPSA) is 59.4 Å². The Hall–Kier alpha value is -1.84. The van der Waals surface area contributed by atoms with Gasteiger partial charge in [0.2, 0.25) is 5.88 Å². The maximum Gasteiger partial charge on any atom is 0.328 e. The first kappa shape index (κ1) is 11.2. The Morgan fingerprint density at radius 1 is 1.53 bits per heavy atom. The minimum atomic E-state index is -0.994. The molecule has 0 aromatic carbocycles. The number of pyridine rings is 1. The molecule has 0 bridgehead atoms. The molecule has 1 N–H and O–H groups in total. The molecule has 0 aliphatic carbocycles. The van der Waals surface area contributed by atoms with E-state index >= 15 is 0 Å². The molecule has 0 aliphatic heterocycles. The molecule has 0 unspecified atom stereocenters. The molecule has 15 heavy (non-hydrogen) atoms. The van der Waals surface area contributed by atoms with Gasteiger partial charge in [-0.2, -0.15) is 0 Å². The van der Waals surface area contributed by atoms with E-state index in [0.717, 1.165) is 6.08 Å². The van der Waals surface area contributed by atoms with Gasteiger partial charge in [0.25, 0.3) is 0 Å². The summed E-state index contributed by atoms with van der Waals surface area (Å²) in [5, 5.41) is 8.44. The van der Waals surface area contributed by atoms with Crippen molar-refractivity contribution in [3.8, 4) is 5.88 Å². The van der Waals surface area contributed by atoms with Gasteiger partial charge in [0.15, 0.2) is 0 Å². The van der Waals surface area contributed by atoms with Gasteiger partial charge < -0.3 is 9.84 Å². The standard InChI is InChI=1S/C11H13NO3/c1-8(2)15-10-5-3-4-9(12-10)6-7-11(13)14/h3-8H,1-2H3,(H,13,14)/b7-6+. The largest absolute Gasteiger partial charge is 0.478 e. The second-order valence-electron chi connectivity index (χ2n) is 3.24. The third kappa shape index (κ3) is 4.26. The number of carboxylic acids is 1. The molecular formula is C11H13NO3. The van der Waals surface area contributed by atoms with Gasteiger partial charge in [0, 0.05) is 12.1 Å². The van der Waals surface area contributed by atoms with Gasteiger partial charge in [-0.1, -0.05) is 6.07 Å². The van der Waals surface area contributed by atoms with Crippen LogP contribution in [0.1, 0.15) is 19.5 Å². The van der Waals surface area contributed by atoms with Crippen LogP contribution in [-0.2, 0) is 4.79 Å². The van der Waals surface area contributed by atoms with E-state index < -0.39 is 5.97 Å². The molecule has 0 amide bonds. The third-order valence-electron chi connectivity index (χ3n) is 1.50. The Labute approximate surface area is 88.2 Å². The number of carboxylic acid groups (broad SMARTS) is 1. The van der Waals surface area contributed by atoms with Crippen molar-refractivity contribution in [1.29, 1.82) is 0 Å². The van der Waals surface area contributed by atoms with Crippen LogP contribution in [0.4, 0.5) is 0 Å². The Morgan fingerprint density at radius 3 is 2.87 bits per heavy atom. The molecule has 0 fully saturated rings. The summed E-state index contributed by atoms with van der Waals surface area (Å²) in [4.78, 5) is 14.4. The molecule has 0 aliphatic rings. The zero-order valence-corrected chi connectivity index (χ0v) is 8.68. The van der Waals surface area contributed by atoms with E-state index in [9.17, 15) is 4.79 Å². The SMILES string of the molecule is CC(C)Oc1cccc(/C=C/C(=O)O)n1. The number of aliphatic carboxylic acids is 1. The second kappa shape index (κ2) is 5.14. The van der Waals surface area contributed by atoms with Crippen LogP contribution in [0.25, 0.3) is 6.08 Å². The molecule has 1 heterocycles. The van der Waals surface area contributed by atoms with Crippen LogP contribution >= 0.6 is 0 Å². The van der Waals surface area contributed by atoms with E-state index in [1.165, 1.54) is 6.08 Å². The highest BCUT2D eigenvalue weighted by atomic mass is 16.5. The third-order valence-corrected chi connectivity index (χ3v) is 1.50. The van der Waals surface area contributed by atoms with E-state index in [2.05, 4.69) is 4.98 Å². The van der Waals surface area contributed by atoms with Crippen LogP contribution in [-0.4, -0.2) is 22.2 Å².